The second-order valence-corrected chi connectivity index (χ2v) is 5.40. The lowest BCUT2D eigenvalue weighted by molar-refractivity contribution is 0.521. The molecule has 0 saturated carbocycles. The van der Waals surface area contributed by atoms with E-state index in [-0.39, 0.29) is 6.04 Å². The Bertz CT molecular complexity index is 628. The fourth-order valence-corrected chi connectivity index (χ4v) is 2.29. The summed E-state index contributed by atoms with van der Waals surface area (Å²) in [6.45, 7) is 4.84. The quantitative estimate of drug-likeness (QED) is 0.874. The van der Waals surface area contributed by atoms with Crippen LogP contribution in [0.25, 0.3) is 10.9 Å². The second kappa shape index (κ2) is 6.36. The summed E-state index contributed by atoms with van der Waals surface area (Å²) in [5.74, 6) is 1.17. The zero-order valence-corrected chi connectivity index (χ0v) is 11.9. The Labute approximate surface area is 119 Å². The van der Waals surface area contributed by atoms with E-state index >= 15 is 0 Å². The summed E-state index contributed by atoms with van der Waals surface area (Å²) in [5, 5.41) is 13.6. The number of para-hydroxylation sites is 1. The van der Waals surface area contributed by atoms with Crippen LogP contribution in [0.5, 0.6) is 0 Å². The molecule has 0 amide bonds. The van der Waals surface area contributed by atoms with Gasteiger partial charge in [0.25, 0.3) is 0 Å². The van der Waals surface area contributed by atoms with Gasteiger partial charge in [0.2, 0.25) is 0 Å². The molecule has 4 heteroatoms. The number of rotatable bonds is 5. The SMILES string of the molecule is CC(C)CC(CN)Nc1nc2ccccc2cc1C#N. The number of anilines is 1. The number of nitrogens with zero attached hydrogens (tertiary/aromatic N) is 2. The van der Waals surface area contributed by atoms with Gasteiger partial charge in [-0.05, 0) is 24.5 Å². The van der Waals surface area contributed by atoms with Gasteiger partial charge in [-0.1, -0.05) is 32.0 Å². The van der Waals surface area contributed by atoms with E-state index in [1.807, 2.05) is 30.3 Å². The molecule has 0 aliphatic heterocycles. The molecule has 1 heterocycles. The molecule has 3 N–H and O–H groups in total. The molecule has 2 aromatic rings. The van der Waals surface area contributed by atoms with Crippen LogP contribution >= 0.6 is 0 Å². The lowest BCUT2D eigenvalue weighted by atomic mass is 10.0. The van der Waals surface area contributed by atoms with Crippen LogP contribution < -0.4 is 11.1 Å². The molecule has 0 bridgehead atoms. The summed E-state index contributed by atoms with van der Waals surface area (Å²) in [6, 6.07) is 12.0. The van der Waals surface area contributed by atoms with Gasteiger partial charge in [0.15, 0.2) is 0 Å². The molecular formula is C16H20N4. The summed E-state index contributed by atoms with van der Waals surface area (Å²) >= 11 is 0. The number of hydrogen-bond donors (Lipinski definition) is 2. The van der Waals surface area contributed by atoms with Crippen molar-refractivity contribution in [3.63, 3.8) is 0 Å². The minimum Gasteiger partial charge on any atom is -0.365 e. The monoisotopic (exact) mass is 268 g/mol. The number of nitriles is 1. The van der Waals surface area contributed by atoms with E-state index < -0.39 is 0 Å². The summed E-state index contributed by atoms with van der Waals surface area (Å²) in [5.41, 5.74) is 7.24. The molecule has 0 fully saturated rings. The third kappa shape index (κ3) is 3.25. The number of fused-ring (bicyclic) bond motifs is 1. The Balaban J connectivity index is 2.35. The summed E-state index contributed by atoms with van der Waals surface area (Å²) in [4.78, 5) is 4.55. The summed E-state index contributed by atoms with van der Waals surface area (Å²) in [6.07, 6.45) is 0.954. The van der Waals surface area contributed by atoms with Gasteiger partial charge in [-0.25, -0.2) is 4.98 Å². The Morgan fingerprint density at radius 3 is 2.75 bits per heavy atom. The molecule has 0 saturated heterocycles. The molecule has 0 spiro atoms. The molecule has 0 aliphatic carbocycles. The zero-order valence-electron chi connectivity index (χ0n) is 11.9. The van der Waals surface area contributed by atoms with Crippen molar-refractivity contribution in [2.45, 2.75) is 26.3 Å². The molecule has 4 nitrogen and oxygen atoms in total. The highest BCUT2D eigenvalue weighted by Crippen LogP contribution is 2.21. The summed E-state index contributed by atoms with van der Waals surface area (Å²) in [7, 11) is 0. The molecular weight excluding hydrogens is 248 g/mol. The lowest BCUT2D eigenvalue weighted by Crippen LogP contribution is -2.31. The fraction of sp³-hybridized carbons (Fsp3) is 0.375. The van der Waals surface area contributed by atoms with Gasteiger partial charge in [-0.15, -0.1) is 0 Å². The molecule has 1 aromatic heterocycles. The maximum atomic E-state index is 9.28. The standard InChI is InChI=1S/C16H20N4/c1-11(2)7-14(10-18)19-16-13(9-17)8-12-5-3-4-6-15(12)20-16/h3-6,8,11,14H,7,10,18H2,1-2H3,(H,19,20). The zero-order chi connectivity index (χ0) is 14.5. The van der Waals surface area contributed by atoms with E-state index in [1.165, 1.54) is 0 Å². The van der Waals surface area contributed by atoms with E-state index in [2.05, 4.69) is 30.2 Å². The first-order valence-electron chi connectivity index (χ1n) is 6.90. The van der Waals surface area contributed by atoms with Crippen LogP contribution in [0.3, 0.4) is 0 Å². The Morgan fingerprint density at radius 2 is 2.10 bits per heavy atom. The van der Waals surface area contributed by atoms with Gasteiger partial charge in [0.1, 0.15) is 11.9 Å². The number of nitrogens with two attached hydrogens (primary N) is 1. The Hall–Kier alpha value is -2.12. The predicted molar refractivity (Wildman–Crippen MR) is 82.4 cm³/mol. The molecule has 1 atom stereocenters. The van der Waals surface area contributed by atoms with Crippen molar-refractivity contribution in [1.82, 2.24) is 4.98 Å². The van der Waals surface area contributed by atoms with Crippen molar-refractivity contribution in [1.29, 1.82) is 5.26 Å². The van der Waals surface area contributed by atoms with Crippen LogP contribution in [0.4, 0.5) is 5.82 Å². The maximum absolute atomic E-state index is 9.28. The third-order valence-corrected chi connectivity index (χ3v) is 3.23. The van der Waals surface area contributed by atoms with Gasteiger partial charge in [-0.3, -0.25) is 0 Å². The average molecular weight is 268 g/mol. The van der Waals surface area contributed by atoms with Crippen LogP contribution in [0, 0.1) is 17.2 Å². The van der Waals surface area contributed by atoms with Gasteiger partial charge < -0.3 is 11.1 Å². The van der Waals surface area contributed by atoms with E-state index in [4.69, 9.17) is 5.73 Å². The number of benzene rings is 1. The summed E-state index contributed by atoms with van der Waals surface area (Å²) < 4.78 is 0. The first-order chi connectivity index (χ1) is 9.63. The number of hydrogen-bond acceptors (Lipinski definition) is 4. The molecule has 0 radical (unpaired) electrons. The van der Waals surface area contributed by atoms with Crippen molar-refractivity contribution in [3.05, 3.63) is 35.9 Å². The topological polar surface area (TPSA) is 74.7 Å². The van der Waals surface area contributed by atoms with Crippen molar-refractivity contribution in [2.24, 2.45) is 11.7 Å². The van der Waals surface area contributed by atoms with Gasteiger partial charge >= 0.3 is 0 Å². The Kier molecular flexibility index (Phi) is 4.54. The van der Waals surface area contributed by atoms with Crippen molar-refractivity contribution in [2.75, 3.05) is 11.9 Å². The molecule has 2 rings (SSSR count). The third-order valence-electron chi connectivity index (χ3n) is 3.23. The van der Waals surface area contributed by atoms with Crippen molar-refractivity contribution in [3.8, 4) is 6.07 Å². The van der Waals surface area contributed by atoms with Gasteiger partial charge in [0.05, 0.1) is 11.1 Å². The van der Waals surface area contributed by atoms with Gasteiger partial charge in [0, 0.05) is 18.0 Å². The Morgan fingerprint density at radius 1 is 1.35 bits per heavy atom. The molecule has 0 aliphatic rings. The largest absolute Gasteiger partial charge is 0.365 e. The van der Waals surface area contributed by atoms with Crippen molar-refractivity contribution < 1.29 is 0 Å². The lowest BCUT2D eigenvalue weighted by Gasteiger charge is -2.20. The minimum atomic E-state index is 0.135. The van der Waals surface area contributed by atoms with E-state index in [9.17, 15) is 5.26 Å². The van der Waals surface area contributed by atoms with E-state index in [0.717, 1.165) is 17.3 Å². The van der Waals surface area contributed by atoms with Gasteiger partial charge in [-0.2, -0.15) is 5.26 Å². The number of aromatic nitrogens is 1. The molecule has 1 aromatic carbocycles. The average Bonchev–Trinajstić information content (AvgIpc) is 2.45. The smallest absolute Gasteiger partial charge is 0.144 e. The van der Waals surface area contributed by atoms with Crippen LogP contribution in [-0.4, -0.2) is 17.6 Å². The molecule has 1 unspecified atom stereocenters. The molecule has 20 heavy (non-hydrogen) atoms. The number of nitrogens with one attached hydrogen (secondary N) is 1. The second-order valence-electron chi connectivity index (χ2n) is 5.40. The van der Waals surface area contributed by atoms with Crippen LogP contribution in [0.2, 0.25) is 0 Å². The van der Waals surface area contributed by atoms with Crippen LogP contribution in [0.15, 0.2) is 30.3 Å². The molecule has 104 valence electrons. The maximum Gasteiger partial charge on any atom is 0.144 e. The highest BCUT2D eigenvalue weighted by molar-refractivity contribution is 5.82. The van der Waals surface area contributed by atoms with Crippen molar-refractivity contribution >= 4 is 16.7 Å². The first-order valence-corrected chi connectivity index (χ1v) is 6.90. The predicted octanol–water partition coefficient (Wildman–Crippen LogP) is 2.89. The number of pyridine rings is 1. The van der Waals surface area contributed by atoms with Crippen LogP contribution in [-0.2, 0) is 0 Å². The van der Waals surface area contributed by atoms with E-state index in [0.29, 0.717) is 23.8 Å². The minimum absolute atomic E-state index is 0.135. The highest BCUT2D eigenvalue weighted by Gasteiger charge is 2.13. The first kappa shape index (κ1) is 14.3. The fourth-order valence-electron chi connectivity index (χ4n) is 2.29. The van der Waals surface area contributed by atoms with E-state index in [1.54, 1.807) is 0 Å². The normalized spacial score (nSPS) is 12.3. The highest BCUT2D eigenvalue weighted by atomic mass is 15.0. The van der Waals surface area contributed by atoms with Crippen LogP contribution in [0.1, 0.15) is 25.8 Å².